The van der Waals surface area contributed by atoms with E-state index < -0.39 is 5.60 Å². The highest BCUT2D eigenvalue weighted by atomic mass is 16.6. The maximum atomic E-state index is 13.4. The van der Waals surface area contributed by atoms with Gasteiger partial charge in [-0.2, -0.15) is 0 Å². The largest absolute Gasteiger partial charge is 0.456 e. The van der Waals surface area contributed by atoms with Gasteiger partial charge in [0.15, 0.2) is 0 Å². The molecule has 1 heterocycles. The monoisotopic (exact) mass is 554 g/mol. The van der Waals surface area contributed by atoms with Crippen molar-refractivity contribution in [1.29, 1.82) is 0 Å². The van der Waals surface area contributed by atoms with Gasteiger partial charge in [-0.05, 0) is 74.6 Å². The number of unbranched alkanes of at least 4 members (excludes halogenated alkanes) is 2. The van der Waals surface area contributed by atoms with Crippen LogP contribution in [-0.2, 0) is 17.7 Å². The van der Waals surface area contributed by atoms with Gasteiger partial charge in [-0.25, -0.2) is 14.6 Å². The zero-order valence-electron chi connectivity index (χ0n) is 24.9. The fraction of sp³-hybridized carbons (Fsp3) is 0.382. The highest BCUT2D eigenvalue weighted by Gasteiger charge is 2.22. The Morgan fingerprint density at radius 2 is 1.68 bits per heavy atom. The number of carbonyl (C=O) groups excluding carboxylic acids is 2. The molecular formula is C34H42N4O3. The van der Waals surface area contributed by atoms with Gasteiger partial charge in [-0.1, -0.05) is 69.2 Å². The fourth-order valence-electron chi connectivity index (χ4n) is 4.75. The minimum atomic E-state index is -0.610. The summed E-state index contributed by atoms with van der Waals surface area (Å²) in [4.78, 5) is 30.7. The molecule has 0 aliphatic carbocycles. The number of aryl methyl sites for hydroxylation is 1. The first-order chi connectivity index (χ1) is 19.7. The highest BCUT2D eigenvalue weighted by Crippen LogP contribution is 2.29. The topological polar surface area (TPSA) is 85.3 Å². The van der Waals surface area contributed by atoms with Gasteiger partial charge in [0.05, 0.1) is 16.6 Å². The number of aromatic nitrogens is 2. The van der Waals surface area contributed by atoms with E-state index in [1.54, 1.807) is 0 Å². The number of nitrogens with zero attached hydrogens (tertiary/aromatic N) is 2. The third kappa shape index (κ3) is 7.97. The van der Waals surface area contributed by atoms with Gasteiger partial charge < -0.3 is 19.9 Å². The number of esters is 1. The molecule has 4 rings (SSSR count). The lowest BCUT2D eigenvalue weighted by Crippen LogP contribution is -2.29. The Kier molecular flexibility index (Phi) is 9.82. The predicted molar refractivity (Wildman–Crippen MR) is 166 cm³/mol. The number of carbonyl (C=O) groups is 2. The number of amides is 2. The summed E-state index contributed by atoms with van der Waals surface area (Å²) < 4.78 is 8.00. The number of urea groups is 1. The molecule has 0 unspecified atom stereocenters. The molecule has 0 bridgehead atoms. The van der Waals surface area contributed by atoms with E-state index >= 15 is 0 Å². The molecule has 0 atom stereocenters. The molecule has 4 aromatic rings. The second kappa shape index (κ2) is 13.5. The van der Waals surface area contributed by atoms with Crippen molar-refractivity contribution in [3.05, 3.63) is 83.7 Å². The molecule has 0 fully saturated rings. The number of imidazole rings is 1. The number of nitrogens with one attached hydrogen (secondary N) is 2. The van der Waals surface area contributed by atoms with Crippen LogP contribution in [0.1, 0.15) is 82.0 Å². The molecule has 216 valence electrons. The van der Waals surface area contributed by atoms with E-state index in [9.17, 15) is 9.59 Å². The van der Waals surface area contributed by atoms with Crippen LogP contribution in [-0.4, -0.2) is 33.7 Å². The number of benzene rings is 3. The molecule has 0 aliphatic heterocycles. The summed E-state index contributed by atoms with van der Waals surface area (Å²) in [5.41, 5.74) is 5.22. The molecule has 41 heavy (non-hydrogen) atoms. The van der Waals surface area contributed by atoms with Crippen LogP contribution >= 0.6 is 0 Å². The number of anilines is 1. The van der Waals surface area contributed by atoms with Gasteiger partial charge in [-0.15, -0.1) is 0 Å². The Hall–Kier alpha value is -4.13. The van der Waals surface area contributed by atoms with E-state index in [-0.39, 0.29) is 12.0 Å². The second-order valence-corrected chi connectivity index (χ2v) is 11.4. The first-order valence-corrected chi connectivity index (χ1v) is 14.6. The van der Waals surface area contributed by atoms with Crippen LogP contribution in [0, 0.1) is 0 Å². The number of hydrogen-bond acceptors (Lipinski definition) is 4. The van der Waals surface area contributed by atoms with E-state index in [2.05, 4.69) is 35.1 Å². The van der Waals surface area contributed by atoms with Gasteiger partial charge in [0, 0.05) is 25.2 Å². The SMILES string of the molecule is CCCCNC(=O)Nc1ccc2nc(CCCC)n(Cc3ccc(-c4ccccc4)c(C(=O)OC(C)(C)C)c3)c2c1. The van der Waals surface area contributed by atoms with Crippen LogP contribution in [0.15, 0.2) is 66.7 Å². The van der Waals surface area contributed by atoms with Crippen molar-refractivity contribution in [2.24, 2.45) is 0 Å². The smallest absolute Gasteiger partial charge is 0.339 e. The Morgan fingerprint density at radius 3 is 2.39 bits per heavy atom. The number of rotatable bonds is 11. The van der Waals surface area contributed by atoms with Crippen molar-refractivity contribution in [1.82, 2.24) is 14.9 Å². The van der Waals surface area contributed by atoms with Crippen molar-refractivity contribution < 1.29 is 14.3 Å². The van der Waals surface area contributed by atoms with Crippen molar-refractivity contribution in [3.63, 3.8) is 0 Å². The van der Waals surface area contributed by atoms with E-state index in [1.807, 2.05) is 81.4 Å². The van der Waals surface area contributed by atoms with Crippen LogP contribution < -0.4 is 10.6 Å². The molecule has 0 spiro atoms. The summed E-state index contributed by atoms with van der Waals surface area (Å²) in [6.07, 6.45) is 4.88. The maximum Gasteiger partial charge on any atom is 0.339 e. The molecule has 7 nitrogen and oxygen atoms in total. The summed E-state index contributed by atoms with van der Waals surface area (Å²) in [6, 6.07) is 21.5. The number of fused-ring (bicyclic) bond motifs is 1. The predicted octanol–water partition coefficient (Wildman–Crippen LogP) is 7.97. The van der Waals surface area contributed by atoms with E-state index in [0.29, 0.717) is 24.3 Å². The standard InChI is InChI=1S/C34H42N4O3/c1-6-8-15-31-37-29-19-17-26(36-33(40)35-20-9-7-2)22-30(29)38(31)23-24-16-18-27(25-13-11-10-12-14-25)28(21-24)32(39)41-34(3,4)5/h10-14,16-19,21-22H,6-9,15,20,23H2,1-5H3,(H2,35,36,40). The van der Waals surface area contributed by atoms with E-state index in [1.165, 1.54) is 0 Å². The number of ether oxygens (including phenoxy) is 1. The van der Waals surface area contributed by atoms with Gasteiger partial charge in [-0.3, -0.25) is 0 Å². The highest BCUT2D eigenvalue weighted by molar-refractivity contribution is 5.98. The van der Waals surface area contributed by atoms with Crippen LogP contribution in [0.3, 0.4) is 0 Å². The van der Waals surface area contributed by atoms with Gasteiger partial charge >= 0.3 is 12.0 Å². The van der Waals surface area contributed by atoms with Crippen LogP contribution in [0.5, 0.6) is 0 Å². The Morgan fingerprint density at radius 1 is 0.927 bits per heavy atom. The van der Waals surface area contributed by atoms with Gasteiger partial charge in [0.2, 0.25) is 0 Å². The van der Waals surface area contributed by atoms with Crippen molar-refractivity contribution in [2.45, 2.75) is 78.9 Å². The first kappa shape index (κ1) is 29.8. The van der Waals surface area contributed by atoms with E-state index in [0.717, 1.165) is 65.7 Å². The summed E-state index contributed by atoms with van der Waals surface area (Å²) >= 11 is 0. The van der Waals surface area contributed by atoms with Crippen LogP contribution in [0.2, 0.25) is 0 Å². The zero-order valence-corrected chi connectivity index (χ0v) is 24.9. The minimum absolute atomic E-state index is 0.214. The molecule has 7 heteroatoms. The molecule has 0 saturated heterocycles. The third-order valence-corrected chi connectivity index (χ3v) is 6.78. The molecule has 2 amide bonds. The van der Waals surface area contributed by atoms with Crippen LogP contribution in [0.25, 0.3) is 22.2 Å². The summed E-state index contributed by atoms with van der Waals surface area (Å²) in [7, 11) is 0. The first-order valence-electron chi connectivity index (χ1n) is 14.6. The average Bonchev–Trinajstić information content (AvgIpc) is 3.27. The molecular weight excluding hydrogens is 512 g/mol. The van der Waals surface area contributed by atoms with Crippen molar-refractivity contribution in [2.75, 3.05) is 11.9 Å². The lowest BCUT2D eigenvalue weighted by atomic mass is 9.97. The quantitative estimate of drug-likeness (QED) is 0.145. The molecule has 2 N–H and O–H groups in total. The van der Waals surface area contributed by atoms with Gasteiger partial charge in [0.25, 0.3) is 0 Å². The minimum Gasteiger partial charge on any atom is -0.456 e. The maximum absolute atomic E-state index is 13.4. The molecule has 3 aromatic carbocycles. The summed E-state index contributed by atoms with van der Waals surface area (Å²) in [5, 5.41) is 5.86. The van der Waals surface area contributed by atoms with E-state index in [4.69, 9.17) is 9.72 Å². The second-order valence-electron chi connectivity index (χ2n) is 11.4. The van der Waals surface area contributed by atoms with Gasteiger partial charge in [0.1, 0.15) is 11.4 Å². The molecule has 0 radical (unpaired) electrons. The third-order valence-electron chi connectivity index (χ3n) is 6.78. The Labute approximate surface area is 243 Å². The van der Waals surface area contributed by atoms with Crippen molar-refractivity contribution in [3.8, 4) is 11.1 Å². The Balaban J connectivity index is 1.72. The average molecular weight is 555 g/mol. The normalized spacial score (nSPS) is 11.4. The lowest BCUT2D eigenvalue weighted by Gasteiger charge is -2.21. The van der Waals surface area contributed by atoms with Crippen LogP contribution in [0.4, 0.5) is 10.5 Å². The molecule has 1 aromatic heterocycles. The zero-order chi connectivity index (χ0) is 29.4. The van der Waals surface area contributed by atoms with Crippen molar-refractivity contribution >= 4 is 28.7 Å². The Bertz CT molecular complexity index is 1490. The summed E-state index contributed by atoms with van der Waals surface area (Å²) in [6.45, 7) is 11.1. The summed E-state index contributed by atoms with van der Waals surface area (Å²) in [5.74, 6) is 0.637. The number of hydrogen-bond donors (Lipinski definition) is 2. The lowest BCUT2D eigenvalue weighted by molar-refractivity contribution is 0.00702. The fourth-order valence-corrected chi connectivity index (χ4v) is 4.75. The molecule has 0 saturated carbocycles. The molecule has 0 aliphatic rings.